The van der Waals surface area contributed by atoms with E-state index in [0.717, 1.165) is 6.42 Å². The molecule has 0 nitrogen and oxygen atoms in total. The van der Waals surface area contributed by atoms with Crippen LogP contribution in [0.4, 0.5) is 0 Å². The summed E-state index contributed by atoms with van der Waals surface area (Å²) in [4.78, 5) is 0. The molecular formula is C25H23Cl3SiTi. The van der Waals surface area contributed by atoms with Gasteiger partial charge < -0.3 is 37.2 Å². The van der Waals surface area contributed by atoms with E-state index in [1.807, 2.05) is 0 Å². The van der Waals surface area contributed by atoms with E-state index >= 15 is 0 Å². The number of hydrogen-bond acceptors (Lipinski definition) is 0. The Balaban J connectivity index is 0.00000150. The van der Waals surface area contributed by atoms with Gasteiger partial charge in [-0.25, -0.2) is 0 Å². The minimum Gasteiger partial charge on any atom is -1.00 e. The summed E-state index contributed by atoms with van der Waals surface area (Å²) >= 11 is 2.44. The van der Waals surface area contributed by atoms with Crippen molar-refractivity contribution in [3.8, 4) is 0 Å². The van der Waals surface area contributed by atoms with Crippen LogP contribution in [0.5, 0.6) is 0 Å². The molecule has 4 rings (SSSR count). The van der Waals surface area contributed by atoms with Crippen LogP contribution in [0.25, 0.3) is 0 Å². The summed E-state index contributed by atoms with van der Waals surface area (Å²) in [5, 5.41) is 4.38. The Morgan fingerprint density at radius 1 is 0.667 bits per heavy atom. The number of allylic oxidation sites excluding steroid dienone is 4. The first-order chi connectivity index (χ1) is 13.2. The van der Waals surface area contributed by atoms with Crippen LogP contribution in [0.15, 0.2) is 115 Å². The van der Waals surface area contributed by atoms with Gasteiger partial charge in [-0.05, 0) is 0 Å². The van der Waals surface area contributed by atoms with Crippen LogP contribution in [0.1, 0.15) is 13.3 Å². The van der Waals surface area contributed by atoms with Gasteiger partial charge in [0, 0.05) is 0 Å². The van der Waals surface area contributed by atoms with Crippen LogP contribution in [-0.2, 0) is 20.4 Å². The molecule has 3 aromatic rings. The van der Waals surface area contributed by atoms with Crippen LogP contribution >= 0.6 is 0 Å². The molecule has 152 valence electrons. The molecule has 0 amide bonds. The molecule has 0 fully saturated rings. The average molecular weight is 506 g/mol. The van der Waals surface area contributed by atoms with E-state index in [4.69, 9.17) is 0 Å². The minimum absolute atomic E-state index is 0. The van der Waals surface area contributed by atoms with Crippen molar-refractivity contribution < 1.29 is 57.7 Å². The smallest absolute Gasteiger partial charge is 1.00 e. The van der Waals surface area contributed by atoms with E-state index in [-0.39, 0.29) is 40.6 Å². The topological polar surface area (TPSA) is 0 Å². The molecule has 30 heavy (non-hydrogen) atoms. The first-order valence-electron chi connectivity index (χ1n) is 9.53. The Hall–Kier alpha value is -1.06. The number of hydrogen-bond donors (Lipinski definition) is 0. The molecule has 3 aromatic carbocycles. The Labute approximate surface area is 211 Å². The van der Waals surface area contributed by atoms with Crippen LogP contribution < -0.4 is 52.8 Å². The molecule has 0 N–H and O–H groups in total. The van der Waals surface area contributed by atoms with E-state index in [0.29, 0.717) is 0 Å². The molecule has 1 unspecified atom stereocenters. The van der Waals surface area contributed by atoms with E-state index in [9.17, 15) is 0 Å². The zero-order chi connectivity index (χ0) is 18.7. The Bertz CT molecular complexity index is 878. The zero-order valence-electron chi connectivity index (χ0n) is 16.7. The maximum atomic E-state index is 2.53. The summed E-state index contributed by atoms with van der Waals surface area (Å²) in [6, 6.07) is 33.5. The second-order valence-corrected chi connectivity index (χ2v) is 13.3. The first-order valence-corrected chi connectivity index (χ1v) is 12.3. The molecule has 0 bridgehead atoms. The van der Waals surface area contributed by atoms with Crippen molar-refractivity contribution in [2.75, 3.05) is 0 Å². The second-order valence-electron chi connectivity index (χ2n) is 7.12. The predicted molar refractivity (Wildman–Crippen MR) is 114 cm³/mol. The van der Waals surface area contributed by atoms with Crippen molar-refractivity contribution in [3.05, 3.63) is 115 Å². The van der Waals surface area contributed by atoms with Gasteiger partial charge in [0.15, 0.2) is 0 Å². The fourth-order valence-corrected chi connectivity index (χ4v) is 12.1. The summed E-state index contributed by atoms with van der Waals surface area (Å²) in [6.07, 6.45) is 8.42. The summed E-state index contributed by atoms with van der Waals surface area (Å²) in [7, 11) is -2.34. The molecule has 5 heteroatoms. The molecule has 0 aromatic heterocycles. The molecule has 1 aliphatic rings. The van der Waals surface area contributed by atoms with Crippen molar-refractivity contribution in [2.24, 2.45) is 0 Å². The second kappa shape index (κ2) is 11.5. The summed E-state index contributed by atoms with van der Waals surface area (Å²) in [5.74, 6) is 0. The van der Waals surface area contributed by atoms with Gasteiger partial charge in [-0.3, -0.25) is 0 Å². The largest absolute Gasteiger partial charge is 1.00 e. The van der Waals surface area contributed by atoms with Crippen LogP contribution in [0.2, 0.25) is 3.34 Å². The van der Waals surface area contributed by atoms with E-state index < -0.39 is 8.07 Å². The number of rotatable bonds is 5. The molecule has 1 atom stereocenters. The third-order valence-corrected chi connectivity index (χ3v) is 13.0. The molecule has 0 aliphatic heterocycles. The fraction of sp³-hybridized carbons (Fsp3) is 0.120. The van der Waals surface area contributed by atoms with Gasteiger partial charge in [-0.15, -0.1) is 0 Å². The van der Waals surface area contributed by atoms with E-state index in [1.165, 1.54) is 21.1 Å². The third-order valence-electron chi connectivity index (χ3n) is 5.62. The first kappa shape index (κ1) is 27.0. The van der Waals surface area contributed by atoms with Crippen molar-refractivity contribution >= 4 is 23.6 Å². The Morgan fingerprint density at radius 3 is 1.33 bits per heavy atom. The van der Waals surface area contributed by atoms with E-state index in [2.05, 4.69) is 137 Å². The fourth-order valence-electron chi connectivity index (χ4n) is 4.36. The summed E-state index contributed by atoms with van der Waals surface area (Å²) in [6.45, 7) is 2.25. The maximum Gasteiger partial charge on any atom is -1.00 e. The van der Waals surface area contributed by atoms with Gasteiger partial charge >= 0.3 is 176 Å². The quantitative estimate of drug-likeness (QED) is 0.242. The Morgan fingerprint density at radius 2 is 1.03 bits per heavy atom. The van der Waals surface area contributed by atoms with Crippen molar-refractivity contribution in [1.29, 1.82) is 0 Å². The van der Waals surface area contributed by atoms with Gasteiger partial charge in [0.1, 0.15) is 0 Å². The molecule has 0 saturated carbocycles. The molecule has 0 spiro atoms. The monoisotopic (exact) mass is 504 g/mol. The molecule has 0 heterocycles. The molecule has 1 aliphatic carbocycles. The minimum atomic E-state index is -2.34. The number of benzene rings is 3. The summed E-state index contributed by atoms with van der Waals surface area (Å²) in [5.41, 5.74) is 1.44. The van der Waals surface area contributed by atoms with Gasteiger partial charge in [0.2, 0.25) is 0 Å². The van der Waals surface area contributed by atoms with Gasteiger partial charge in [0.25, 0.3) is 0 Å². The molecular weight excluding hydrogens is 483 g/mol. The van der Waals surface area contributed by atoms with E-state index in [1.54, 1.807) is 0 Å². The van der Waals surface area contributed by atoms with Gasteiger partial charge in [-0.2, -0.15) is 0 Å². The van der Waals surface area contributed by atoms with Crippen LogP contribution in [0.3, 0.4) is 0 Å². The van der Waals surface area contributed by atoms with Crippen molar-refractivity contribution in [3.63, 3.8) is 0 Å². The predicted octanol–water partition coefficient (Wildman–Crippen LogP) is -4.68. The molecule has 0 radical (unpaired) electrons. The molecule has 0 saturated heterocycles. The zero-order valence-corrected chi connectivity index (χ0v) is 21.6. The standard InChI is InChI=1S/C25H23Si.3ClH.Ti/c1-2-21-18-19-25(20-21)26(22-12-6-3-7-13-22,23-14-8-4-9-15-23)24-16-10-5-11-17-24;;;;/h3-20H,2H2,1H3;3*1H;/q;;;;+3/p-3. The van der Waals surface area contributed by atoms with Gasteiger partial charge in [0.05, 0.1) is 0 Å². The van der Waals surface area contributed by atoms with Crippen LogP contribution in [-0.4, -0.2) is 8.07 Å². The van der Waals surface area contributed by atoms with Crippen molar-refractivity contribution in [1.82, 2.24) is 0 Å². The third kappa shape index (κ3) is 4.58. The normalized spacial score (nSPS) is 17.2. The average Bonchev–Trinajstić information content (AvgIpc) is 3.13. The van der Waals surface area contributed by atoms with Gasteiger partial charge in [-0.1, -0.05) is 0 Å². The number of halogens is 3. The van der Waals surface area contributed by atoms with Crippen LogP contribution in [0, 0.1) is 0 Å². The SMILES string of the molecule is CCC1=C[C]([Ti+3])([Si](c2ccccc2)(c2ccccc2)c2ccccc2)C=C1.[Cl-].[Cl-].[Cl-]. The van der Waals surface area contributed by atoms with Crippen molar-refractivity contribution in [2.45, 2.75) is 16.7 Å². The maximum absolute atomic E-state index is 2.53. The Kier molecular flexibility index (Phi) is 10.4. The summed E-state index contributed by atoms with van der Waals surface area (Å²) < 4.78 is -0.0115.